The average molecular weight is 1060 g/mol. The number of nitrogen functional groups attached to an aromatic ring is 3. The topological polar surface area (TPSA) is 349 Å². The molecular formula is C39H58F3IN18O6. The zero-order valence-electron chi connectivity index (χ0n) is 38.0. The molecule has 11 N–H and O–H groups in total. The van der Waals surface area contributed by atoms with Crippen LogP contribution in [0.5, 0.6) is 0 Å². The Hall–Kier alpha value is -6.46. The highest BCUT2D eigenvalue weighted by molar-refractivity contribution is 14.1. The Kier molecular flexibility index (Phi) is 20.8. The quantitative estimate of drug-likeness (QED) is 0.0568. The van der Waals surface area contributed by atoms with Crippen LogP contribution < -0.4 is 33.6 Å². The molecule has 0 aliphatic rings. The lowest BCUT2D eigenvalue weighted by Crippen LogP contribution is -2.33. The predicted octanol–water partition coefficient (Wildman–Crippen LogP) is 4.81. The molecule has 2 amide bonds. The molecule has 0 bridgehead atoms. The van der Waals surface area contributed by atoms with Crippen molar-refractivity contribution in [3.63, 3.8) is 0 Å². The van der Waals surface area contributed by atoms with Gasteiger partial charge in [-0.1, -0.05) is 0 Å². The van der Waals surface area contributed by atoms with Gasteiger partial charge in [0.15, 0.2) is 16.9 Å². The Morgan fingerprint density at radius 1 is 0.642 bits per heavy atom. The summed E-state index contributed by atoms with van der Waals surface area (Å²) in [6, 6.07) is 0. The minimum Gasteiger partial charge on any atom is -0.475 e. The van der Waals surface area contributed by atoms with Gasteiger partial charge in [-0.05, 0) is 109 Å². The Bertz CT molecular complexity index is 2520. The molecule has 67 heavy (non-hydrogen) atoms. The normalized spacial score (nSPS) is 11.4. The highest BCUT2D eigenvalue weighted by Gasteiger charge is 2.38. The van der Waals surface area contributed by atoms with Crippen LogP contribution in [-0.4, -0.2) is 120 Å². The highest BCUT2D eigenvalue weighted by atomic mass is 127. The van der Waals surface area contributed by atoms with Crippen molar-refractivity contribution >= 4 is 91.3 Å². The van der Waals surface area contributed by atoms with E-state index in [0.29, 0.717) is 50.2 Å². The lowest BCUT2D eigenvalue weighted by molar-refractivity contribution is -0.192. The molecule has 0 atom stereocenters. The number of amides is 2. The van der Waals surface area contributed by atoms with Crippen LogP contribution in [0, 0.1) is 3.70 Å². The molecule has 0 fully saturated rings. The molecule has 6 heterocycles. The number of alkyl halides is 3. The lowest BCUT2D eigenvalue weighted by atomic mass is 10.2. The molecule has 28 heteroatoms. The van der Waals surface area contributed by atoms with E-state index in [1.165, 1.54) is 19.0 Å². The number of carboxylic acids is 1. The smallest absolute Gasteiger partial charge is 0.475 e. The van der Waals surface area contributed by atoms with E-state index in [1.807, 2.05) is 50.9 Å². The Balaban J connectivity index is 0.000000253. The molecule has 6 aromatic heterocycles. The second kappa shape index (κ2) is 25.4. The van der Waals surface area contributed by atoms with Crippen molar-refractivity contribution in [2.75, 3.05) is 36.8 Å². The van der Waals surface area contributed by atoms with E-state index in [-0.39, 0.29) is 0 Å². The minimum absolute atomic E-state index is 0.391. The summed E-state index contributed by atoms with van der Waals surface area (Å²) >= 11 is 2.13. The van der Waals surface area contributed by atoms with Gasteiger partial charge in [-0.25, -0.2) is 58.3 Å². The molecule has 24 nitrogen and oxygen atoms in total. The number of aryl methyl sites for hydroxylation is 3. The van der Waals surface area contributed by atoms with E-state index >= 15 is 0 Å². The zero-order chi connectivity index (χ0) is 50.0. The molecule has 6 rings (SSSR count). The number of nitrogens with one attached hydrogen (secondary N) is 2. The number of ether oxygens (including phenoxy) is 2. The highest BCUT2D eigenvalue weighted by Crippen LogP contribution is 2.23. The summed E-state index contributed by atoms with van der Waals surface area (Å²) in [5, 5.41) is 27.9. The number of aliphatic carboxylic acids is 1. The number of halogens is 4. The van der Waals surface area contributed by atoms with Crippen LogP contribution in [0.15, 0.2) is 31.4 Å². The van der Waals surface area contributed by atoms with Crippen molar-refractivity contribution in [1.29, 1.82) is 0 Å². The third kappa shape index (κ3) is 18.7. The number of anilines is 3. The molecule has 0 saturated heterocycles. The van der Waals surface area contributed by atoms with E-state index in [1.54, 1.807) is 17.1 Å². The van der Waals surface area contributed by atoms with Crippen LogP contribution in [-0.2, 0) is 33.9 Å². The van der Waals surface area contributed by atoms with Crippen LogP contribution >= 0.6 is 22.6 Å². The maximum Gasteiger partial charge on any atom is 0.490 e. The number of fused-ring (bicyclic) bond motifs is 3. The third-order valence-electron chi connectivity index (χ3n) is 8.44. The fourth-order valence-corrected chi connectivity index (χ4v) is 6.26. The van der Waals surface area contributed by atoms with Gasteiger partial charge < -0.3 is 48.1 Å². The maximum absolute atomic E-state index is 11.5. The van der Waals surface area contributed by atoms with Gasteiger partial charge >= 0.3 is 24.3 Å². The average Bonchev–Trinajstić information content (AvgIpc) is 3.93. The number of alkyl carbamates (subject to hydrolysis) is 2. The summed E-state index contributed by atoms with van der Waals surface area (Å²) < 4.78 is 48.3. The van der Waals surface area contributed by atoms with Gasteiger partial charge in [0.2, 0.25) is 0 Å². The van der Waals surface area contributed by atoms with Crippen molar-refractivity contribution in [2.24, 2.45) is 5.73 Å². The predicted molar refractivity (Wildman–Crippen MR) is 251 cm³/mol. The van der Waals surface area contributed by atoms with Gasteiger partial charge in [0, 0.05) is 32.7 Å². The van der Waals surface area contributed by atoms with E-state index in [2.05, 4.69) is 78.4 Å². The summed E-state index contributed by atoms with van der Waals surface area (Å²) in [6.07, 6.45) is 7.17. The molecule has 0 radical (unpaired) electrons. The first kappa shape index (κ1) is 54.9. The van der Waals surface area contributed by atoms with Gasteiger partial charge in [0.25, 0.3) is 0 Å². The number of hydrogen-bond acceptors (Lipinski definition) is 18. The zero-order valence-corrected chi connectivity index (χ0v) is 40.2. The second-order valence-corrected chi connectivity index (χ2v) is 17.3. The number of aromatic nitrogens is 12. The van der Waals surface area contributed by atoms with Crippen LogP contribution in [0.25, 0.3) is 33.1 Å². The number of hydrogen-bond donors (Lipinski definition) is 7. The molecular weight excluding hydrogens is 1000 g/mol. The van der Waals surface area contributed by atoms with Crippen LogP contribution in [0.1, 0.15) is 80.1 Å². The Morgan fingerprint density at radius 3 is 1.43 bits per heavy atom. The van der Waals surface area contributed by atoms with Gasteiger partial charge in [-0.15, -0.1) is 0 Å². The first-order valence-electron chi connectivity index (χ1n) is 20.8. The third-order valence-corrected chi connectivity index (χ3v) is 9.20. The molecule has 0 saturated carbocycles. The van der Waals surface area contributed by atoms with Gasteiger partial charge in [-0.3, -0.25) is 0 Å². The van der Waals surface area contributed by atoms with Crippen molar-refractivity contribution in [1.82, 2.24) is 69.9 Å². The van der Waals surface area contributed by atoms with Crippen molar-refractivity contribution in [3.8, 4) is 0 Å². The monoisotopic (exact) mass is 1060 g/mol. The number of carboxylic acid groups (broad SMARTS) is 1. The number of rotatable bonds is 14. The van der Waals surface area contributed by atoms with Crippen LogP contribution in [0.3, 0.4) is 0 Å². The van der Waals surface area contributed by atoms with Gasteiger partial charge in [0.1, 0.15) is 51.3 Å². The summed E-state index contributed by atoms with van der Waals surface area (Å²) in [5.41, 5.74) is 24.1. The first-order valence-corrected chi connectivity index (χ1v) is 21.9. The summed E-state index contributed by atoms with van der Waals surface area (Å²) in [6.45, 7) is 15.1. The van der Waals surface area contributed by atoms with E-state index < -0.39 is 35.5 Å². The van der Waals surface area contributed by atoms with Gasteiger partial charge in [-0.2, -0.15) is 28.5 Å². The van der Waals surface area contributed by atoms with Crippen molar-refractivity contribution in [2.45, 2.75) is 117 Å². The second-order valence-electron chi connectivity index (χ2n) is 16.3. The van der Waals surface area contributed by atoms with Crippen molar-refractivity contribution < 1.29 is 42.1 Å². The first-order chi connectivity index (χ1) is 31.4. The van der Waals surface area contributed by atoms with Crippen LogP contribution in [0.4, 0.5) is 40.2 Å². The van der Waals surface area contributed by atoms with Crippen LogP contribution in [0.2, 0.25) is 0 Å². The molecule has 6 aromatic rings. The minimum atomic E-state index is -5.08. The largest absolute Gasteiger partial charge is 0.490 e. The lowest BCUT2D eigenvalue weighted by Gasteiger charge is -2.19. The maximum atomic E-state index is 11.5. The molecule has 0 spiro atoms. The molecule has 0 unspecified atom stereocenters. The Morgan fingerprint density at radius 2 is 1.03 bits per heavy atom. The summed E-state index contributed by atoms with van der Waals surface area (Å²) in [5.74, 6) is -1.40. The number of nitrogens with zero attached hydrogens (tertiary/aromatic N) is 12. The van der Waals surface area contributed by atoms with Crippen molar-refractivity contribution in [3.05, 3.63) is 35.1 Å². The van der Waals surface area contributed by atoms with E-state index in [9.17, 15) is 22.8 Å². The fraction of sp³-hybridized carbons (Fsp3) is 0.538. The molecule has 368 valence electrons. The fourth-order valence-electron chi connectivity index (χ4n) is 5.48. The summed E-state index contributed by atoms with van der Waals surface area (Å²) in [4.78, 5) is 56.3. The number of nitrogens with two attached hydrogens (primary N) is 4. The van der Waals surface area contributed by atoms with E-state index in [4.69, 9.17) is 42.3 Å². The Labute approximate surface area is 396 Å². The standard InChI is InChI=1S/C14H21IN6O2.C14H22N6O2.C9H14N6.C2HF3O2/c1-14(2,3)23-13(22)17-6-4-5-7-21-12-9(10(15)20-21)11(16)18-8-19-12;1-14(2,3)22-13(21)16-6-4-5-7-20-12-10(8-19-20)11(15)17-9-18-12;10-3-1-2-4-15-9-7(5-14-15)8(11)12-6-13-9;3-2(4,5)1(6)7/h8H,4-7H2,1-3H3,(H,17,22)(H2,16,18,19);8-9H,4-7H2,1-3H3,(H,16,21)(H2,15,17,18);5-6H,1-4,10H2,(H2,11,12,13);(H,6,7). The molecule has 0 aromatic carbocycles. The van der Waals surface area contributed by atoms with Gasteiger partial charge in [0.05, 0.1) is 28.6 Å². The molecule has 0 aliphatic carbocycles. The SMILES string of the molecule is CC(C)(C)OC(=O)NCCCCn1nc(I)c2c(N)ncnc21.CC(C)(C)OC(=O)NCCCCn1ncc2c(N)ncnc21.NCCCCn1ncc2c(N)ncnc21.O=C(O)C(F)(F)F. The molecule has 0 aliphatic heterocycles. The summed E-state index contributed by atoms with van der Waals surface area (Å²) in [7, 11) is 0. The number of unbranched alkanes of at least 4 members (excludes halogenated alkanes) is 3. The number of carbonyl (C=O) groups is 3. The number of carbonyl (C=O) groups excluding carboxylic acids is 2. The van der Waals surface area contributed by atoms with E-state index in [0.717, 1.165) is 81.9 Å².